The first-order valence-corrected chi connectivity index (χ1v) is 12.1. The number of aromatic nitrogens is 3. The van der Waals surface area contributed by atoms with Crippen LogP contribution in [0.5, 0.6) is 5.75 Å². The molecule has 1 aromatic carbocycles. The summed E-state index contributed by atoms with van der Waals surface area (Å²) < 4.78 is 44.1. The summed E-state index contributed by atoms with van der Waals surface area (Å²) in [5.41, 5.74) is 1.73. The molecule has 0 aliphatic carbocycles. The van der Waals surface area contributed by atoms with Crippen LogP contribution in [-0.4, -0.2) is 58.5 Å². The minimum Gasteiger partial charge on any atom is -0.490 e. The summed E-state index contributed by atoms with van der Waals surface area (Å²) >= 11 is 1.54. The van der Waals surface area contributed by atoms with E-state index in [0.29, 0.717) is 23.3 Å². The van der Waals surface area contributed by atoms with Crippen LogP contribution in [0.3, 0.4) is 0 Å². The minimum atomic E-state index is -4.58. The van der Waals surface area contributed by atoms with Gasteiger partial charge in [-0.15, -0.1) is 11.3 Å². The van der Waals surface area contributed by atoms with Gasteiger partial charge in [0.2, 0.25) is 5.82 Å². The standard InChI is InChI=1S/C24H26F3N5O2S/c1-15-12-29-22(35-15)18-9-17(10-20(11-18)34-19-4-7-32(2)8-5-19)21(33)28-6-3-16-13-30-23(31-14-16)24(25,26)27/h9-14,19H,3-8H2,1-2H3,(H,28,33). The Labute approximate surface area is 205 Å². The number of aryl methyl sites for hydroxylation is 1. The van der Waals surface area contributed by atoms with Crippen molar-refractivity contribution in [1.82, 2.24) is 25.2 Å². The van der Waals surface area contributed by atoms with Gasteiger partial charge in [-0.3, -0.25) is 4.79 Å². The lowest BCUT2D eigenvalue weighted by Crippen LogP contribution is -2.35. The lowest BCUT2D eigenvalue weighted by molar-refractivity contribution is -0.145. The first-order valence-electron chi connectivity index (χ1n) is 11.3. The second-order valence-electron chi connectivity index (χ2n) is 8.56. The number of carbonyl (C=O) groups excluding carboxylic acids is 1. The van der Waals surface area contributed by atoms with Gasteiger partial charge in [0.05, 0.1) is 0 Å². The number of likely N-dealkylation sites (tertiary alicyclic amines) is 1. The second kappa shape index (κ2) is 10.7. The van der Waals surface area contributed by atoms with Crippen molar-refractivity contribution < 1.29 is 22.7 Å². The molecule has 7 nitrogen and oxygen atoms in total. The van der Waals surface area contributed by atoms with Crippen LogP contribution in [0.25, 0.3) is 10.6 Å². The molecular weight excluding hydrogens is 479 g/mol. The van der Waals surface area contributed by atoms with E-state index in [9.17, 15) is 18.0 Å². The van der Waals surface area contributed by atoms with Crippen LogP contribution in [0, 0.1) is 6.92 Å². The Morgan fingerprint density at radius 3 is 2.49 bits per heavy atom. The molecular formula is C24H26F3N5O2S. The summed E-state index contributed by atoms with van der Waals surface area (Å²) in [6, 6.07) is 5.40. The Balaban J connectivity index is 1.45. The average molecular weight is 506 g/mol. The van der Waals surface area contributed by atoms with Crippen LogP contribution >= 0.6 is 11.3 Å². The highest BCUT2D eigenvalue weighted by Gasteiger charge is 2.34. The second-order valence-corrected chi connectivity index (χ2v) is 9.80. The van der Waals surface area contributed by atoms with Gasteiger partial charge >= 0.3 is 6.18 Å². The minimum absolute atomic E-state index is 0.0788. The Kier molecular flexibility index (Phi) is 7.66. The number of thiazole rings is 1. The van der Waals surface area contributed by atoms with E-state index in [0.717, 1.165) is 53.8 Å². The zero-order chi connectivity index (χ0) is 25.0. The molecule has 0 saturated carbocycles. The van der Waals surface area contributed by atoms with Crippen LogP contribution in [0.15, 0.2) is 36.8 Å². The Morgan fingerprint density at radius 1 is 1.14 bits per heavy atom. The smallest absolute Gasteiger partial charge is 0.451 e. The molecule has 1 N–H and O–H groups in total. The molecule has 3 aromatic rings. The maximum atomic E-state index is 12.9. The Morgan fingerprint density at radius 2 is 1.86 bits per heavy atom. The largest absolute Gasteiger partial charge is 0.490 e. The number of amides is 1. The fraction of sp³-hybridized carbons (Fsp3) is 0.417. The summed E-state index contributed by atoms with van der Waals surface area (Å²) in [5, 5.41) is 3.62. The number of benzene rings is 1. The molecule has 1 saturated heterocycles. The number of alkyl halides is 3. The molecule has 1 aliphatic heterocycles. The number of rotatable bonds is 7. The van der Waals surface area contributed by atoms with E-state index >= 15 is 0 Å². The van der Waals surface area contributed by atoms with E-state index in [1.54, 1.807) is 18.3 Å². The molecule has 186 valence electrons. The van der Waals surface area contributed by atoms with Crippen LogP contribution in [0.1, 0.15) is 39.5 Å². The summed E-state index contributed by atoms with van der Waals surface area (Å²) in [7, 11) is 2.08. The van der Waals surface area contributed by atoms with Gasteiger partial charge in [-0.2, -0.15) is 13.2 Å². The molecule has 0 radical (unpaired) electrons. The SMILES string of the molecule is Cc1cnc(-c2cc(OC3CCN(C)CC3)cc(C(=O)NCCc3cnc(C(F)(F)F)nc3)c2)s1. The normalized spacial score (nSPS) is 15.2. The van der Waals surface area contributed by atoms with Gasteiger partial charge in [0.15, 0.2) is 0 Å². The van der Waals surface area contributed by atoms with E-state index < -0.39 is 12.0 Å². The van der Waals surface area contributed by atoms with Gasteiger partial charge in [-0.25, -0.2) is 15.0 Å². The summed E-state index contributed by atoms with van der Waals surface area (Å²) in [6.45, 7) is 4.10. The van der Waals surface area contributed by atoms with Gasteiger partial charge in [0, 0.05) is 54.2 Å². The highest BCUT2D eigenvalue weighted by atomic mass is 32.1. The summed E-state index contributed by atoms with van der Waals surface area (Å²) in [5.74, 6) is -0.871. The van der Waals surface area contributed by atoms with Crippen molar-refractivity contribution in [2.75, 3.05) is 26.7 Å². The van der Waals surface area contributed by atoms with Gasteiger partial charge in [-0.05, 0) is 57.0 Å². The van der Waals surface area contributed by atoms with Crippen molar-refractivity contribution in [2.45, 2.75) is 38.5 Å². The third-order valence-electron chi connectivity index (χ3n) is 5.66. The van der Waals surface area contributed by atoms with Crippen LogP contribution in [0.2, 0.25) is 0 Å². The Bertz CT molecular complexity index is 1160. The van der Waals surface area contributed by atoms with Crippen LogP contribution < -0.4 is 10.1 Å². The third kappa shape index (κ3) is 6.76. The highest BCUT2D eigenvalue weighted by molar-refractivity contribution is 7.14. The van der Waals surface area contributed by atoms with E-state index in [2.05, 4.69) is 32.2 Å². The van der Waals surface area contributed by atoms with Gasteiger partial charge in [0.1, 0.15) is 16.9 Å². The van der Waals surface area contributed by atoms with E-state index in [1.807, 2.05) is 13.0 Å². The lowest BCUT2D eigenvalue weighted by Gasteiger charge is -2.29. The van der Waals surface area contributed by atoms with Gasteiger partial charge in [-0.1, -0.05) is 0 Å². The van der Waals surface area contributed by atoms with E-state index in [-0.39, 0.29) is 18.6 Å². The molecule has 4 rings (SSSR count). The molecule has 0 atom stereocenters. The molecule has 3 heterocycles. The summed E-state index contributed by atoms with van der Waals surface area (Å²) in [4.78, 5) is 27.4. The van der Waals surface area contributed by atoms with Crippen molar-refractivity contribution in [3.63, 3.8) is 0 Å². The van der Waals surface area contributed by atoms with E-state index in [1.165, 1.54) is 11.3 Å². The molecule has 0 spiro atoms. The quantitative estimate of drug-likeness (QED) is 0.514. The summed E-state index contributed by atoms with van der Waals surface area (Å²) in [6.07, 6.45) is 1.66. The number of halogens is 3. The fourth-order valence-corrected chi connectivity index (χ4v) is 4.51. The predicted molar refractivity (Wildman–Crippen MR) is 127 cm³/mol. The highest BCUT2D eigenvalue weighted by Crippen LogP contribution is 2.31. The van der Waals surface area contributed by atoms with Gasteiger partial charge < -0.3 is 15.0 Å². The predicted octanol–water partition coefficient (Wildman–Crippen LogP) is 4.37. The first kappa shape index (κ1) is 25.1. The third-order valence-corrected chi connectivity index (χ3v) is 6.63. The molecule has 1 aliphatic rings. The molecule has 1 fully saturated rings. The Hall–Kier alpha value is -3.05. The van der Waals surface area contributed by atoms with Gasteiger partial charge in [0.25, 0.3) is 5.91 Å². The number of carbonyl (C=O) groups is 1. The van der Waals surface area contributed by atoms with Crippen molar-refractivity contribution in [2.24, 2.45) is 0 Å². The number of hydrogen-bond acceptors (Lipinski definition) is 7. The molecule has 35 heavy (non-hydrogen) atoms. The molecule has 0 bridgehead atoms. The molecule has 0 unspecified atom stereocenters. The van der Waals surface area contributed by atoms with Crippen molar-refractivity contribution in [3.8, 4) is 16.3 Å². The van der Waals surface area contributed by atoms with Crippen LogP contribution in [0.4, 0.5) is 13.2 Å². The molecule has 2 aromatic heterocycles. The number of nitrogens with zero attached hydrogens (tertiary/aromatic N) is 4. The number of nitrogens with one attached hydrogen (secondary N) is 1. The lowest BCUT2D eigenvalue weighted by atomic mass is 10.1. The molecule has 11 heteroatoms. The van der Waals surface area contributed by atoms with Crippen molar-refractivity contribution in [3.05, 3.63) is 58.6 Å². The maximum Gasteiger partial charge on any atom is 0.451 e. The molecule has 1 amide bonds. The zero-order valence-corrected chi connectivity index (χ0v) is 20.2. The topological polar surface area (TPSA) is 80.2 Å². The maximum absolute atomic E-state index is 12.9. The zero-order valence-electron chi connectivity index (χ0n) is 19.4. The fourth-order valence-electron chi connectivity index (χ4n) is 3.76. The number of ether oxygens (including phenoxy) is 1. The average Bonchev–Trinajstić information content (AvgIpc) is 3.26. The van der Waals surface area contributed by atoms with E-state index in [4.69, 9.17) is 4.74 Å². The van der Waals surface area contributed by atoms with Crippen molar-refractivity contribution in [1.29, 1.82) is 0 Å². The monoisotopic (exact) mass is 505 g/mol. The number of hydrogen-bond donors (Lipinski definition) is 1. The van der Waals surface area contributed by atoms with Crippen molar-refractivity contribution >= 4 is 17.2 Å². The first-order chi connectivity index (χ1) is 16.7. The van der Waals surface area contributed by atoms with Crippen LogP contribution in [-0.2, 0) is 12.6 Å². The number of piperidine rings is 1.